The molecule has 1 aliphatic carbocycles. The highest BCUT2D eigenvalue weighted by atomic mass is 35.5. The van der Waals surface area contributed by atoms with Crippen molar-refractivity contribution in [2.75, 3.05) is 0 Å². The molecule has 17 heavy (non-hydrogen) atoms. The highest BCUT2D eigenvalue weighted by Crippen LogP contribution is 2.51. The van der Waals surface area contributed by atoms with Gasteiger partial charge in [0.2, 0.25) is 0 Å². The fourth-order valence-electron chi connectivity index (χ4n) is 2.19. The average molecular weight is 264 g/mol. The van der Waals surface area contributed by atoms with E-state index in [0.717, 1.165) is 18.9 Å². The van der Waals surface area contributed by atoms with Gasteiger partial charge in [0, 0.05) is 11.5 Å². The van der Waals surface area contributed by atoms with Crippen LogP contribution in [0.1, 0.15) is 30.9 Å². The van der Waals surface area contributed by atoms with Crippen molar-refractivity contribution in [1.29, 1.82) is 0 Å². The Balaban J connectivity index is 2.46. The Morgan fingerprint density at radius 2 is 1.94 bits per heavy atom. The minimum Gasteiger partial charge on any atom is -0.327 e. The van der Waals surface area contributed by atoms with Crippen LogP contribution in [0.15, 0.2) is 18.2 Å². The third-order valence-electron chi connectivity index (χ3n) is 3.51. The van der Waals surface area contributed by atoms with Crippen LogP contribution in [0.25, 0.3) is 0 Å². The first-order valence-corrected chi connectivity index (χ1v) is 5.78. The summed E-state index contributed by atoms with van der Waals surface area (Å²) in [5.74, 6) is 0. The van der Waals surface area contributed by atoms with Crippen LogP contribution < -0.4 is 5.73 Å². The first-order valence-electron chi connectivity index (χ1n) is 5.40. The molecule has 1 atom stereocenters. The summed E-state index contributed by atoms with van der Waals surface area (Å²) < 4.78 is 38.2. The Kier molecular flexibility index (Phi) is 2.91. The first-order chi connectivity index (χ1) is 7.77. The third kappa shape index (κ3) is 2.16. The normalized spacial score (nSPS) is 20.1. The molecular weight excluding hydrogens is 251 g/mol. The lowest BCUT2D eigenvalue weighted by Gasteiger charge is -2.21. The fourth-order valence-corrected chi connectivity index (χ4v) is 2.42. The predicted octanol–water partition coefficient (Wildman–Crippen LogP) is 3.74. The molecule has 2 rings (SSSR count). The molecule has 0 aliphatic heterocycles. The summed E-state index contributed by atoms with van der Waals surface area (Å²) in [6.07, 6.45) is -2.74. The highest BCUT2D eigenvalue weighted by Gasteiger charge is 2.48. The number of nitrogens with two attached hydrogens (primary N) is 1. The van der Waals surface area contributed by atoms with Gasteiger partial charge < -0.3 is 5.73 Å². The van der Waals surface area contributed by atoms with Crippen molar-refractivity contribution in [2.24, 2.45) is 5.73 Å². The minimum absolute atomic E-state index is 0.148. The Hall–Kier alpha value is -0.740. The average Bonchev–Trinajstić information content (AvgIpc) is 2.97. The van der Waals surface area contributed by atoms with E-state index in [1.165, 1.54) is 6.07 Å². The first kappa shape index (κ1) is 12.7. The number of hydrogen-bond donors (Lipinski definition) is 1. The Morgan fingerprint density at radius 3 is 2.35 bits per heavy atom. The van der Waals surface area contributed by atoms with Gasteiger partial charge in [-0.2, -0.15) is 13.2 Å². The van der Waals surface area contributed by atoms with Gasteiger partial charge in [0.25, 0.3) is 0 Å². The summed E-state index contributed by atoms with van der Waals surface area (Å²) in [5, 5.41) is -0.262. The van der Waals surface area contributed by atoms with Crippen LogP contribution in [-0.4, -0.2) is 6.04 Å². The second kappa shape index (κ2) is 3.89. The van der Waals surface area contributed by atoms with Gasteiger partial charge in [0.15, 0.2) is 0 Å². The van der Waals surface area contributed by atoms with Gasteiger partial charge in [-0.15, -0.1) is 0 Å². The number of alkyl halides is 3. The number of rotatable bonds is 2. The van der Waals surface area contributed by atoms with Gasteiger partial charge in [-0.3, -0.25) is 0 Å². The van der Waals surface area contributed by atoms with Crippen molar-refractivity contribution in [1.82, 2.24) is 0 Å². The molecule has 0 bridgehead atoms. The van der Waals surface area contributed by atoms with E-state index in [1.807, 2.05) is 6.92 Å². The minimum atomic E-state index is -4.42. The van der Waals surface area contributed by atoms with Crippen molar-refractivity contribution in [3.8, 4) is 0 Å². The van der Waals surface area contributed by atoms with E-state index in [-0.39, 0.29) is 16.5 Å². The van der Waals surface area contributed by atoms with Crippen LogP contribution in [0.2, 0.25) is 5.02 Å². The lowest BCUT2D eigenvalue weighted by atomic mass is 9.88. The maximum Gasteiger partial charge on any atom is 0.417 e. The van der Waals surface area contributed by atoms with Gasteiger partial charge in [-0.1, -0.05) is 17.7 Å². The third-order valence-corrected chi connectivity index (χ3v) is 3.84. The van der Waals surface area contributed by atoms with Crippen molar-refractivity contribution in [3.63, 3.8) is 0 Å². The van der Waals surface area contributed by atoms with Crippen molar-refractivity contribution >= 4 is 11.6 Å². The lowest BCUT2D eigenvalue weighted by Crippen LogP contribution is -2.31. The van der Waals surface area contributed by atoms with Crippen LogP contribution >= 0.6 is 11.6 Å². The van der Waals surface area contributed by atoms with E-state index in [9.17, 15) is 13.2 Å². The molecular formula is C12H13ClF3N. The van der Waals surface area contributed by atoms with Crippen molar-refractivity contribution in [3.05, 3.63) is 34.3 Å². The molecule has 1 unspecified atom stereocenters. The SMILES string of the molecule is CC(N)C1(c2ccc(Cl)c(C(F)(F)F)c2)CC1. The molecule has 1 nitrogen and oxygen atoms in total. The molecule has 94 valence electrons. The quantitative estimate of drug-likeness (QED) is 0.864. The van der Waals surface area contributed by atoms with Gasteiger partial charge in [0.1, 0.15) is 0 Å². The van der Waals surface area contributed by atoms with Gasteiger partial charge in [0.05, 0.1) is 10.6 Å². The van der Waals surface area contributed by atoms with Crippen LogP contribution in [0.4, 0.5) is 13.2 Å². The van der Waals surface area contributed by atoms with E-state index < -0.39 is 11.7 Å². The predicted molar refractivity (Wildman–Crippen MR) is 61.0 cm³/mol. The van der Waals surface area contributed by atoms with E-state index in [4.69, 9.17) is 17.3 Å². The molecule has 1 fully saturated rings. The highest BCUT2D eigenvalue weighted by molar-refractivity contribution is 6.31. The van der Waals surface area contributed by atoms with Crippen LogP contribution in [0, 0.1) is 0 Å². The number of halogens is 4. The smallest absolute Gasteiger partial charge is 0.327 e. The van der Waals surface area contributed by atoms with Gasteiger partial charge in [-0.25, -0.2) is 0 Å². The number of hydrogen-bond acceptors (Lipinski definition) is 1. The molecule has 0 spiro atoms. The zero-order valence-corrected chi connectivity index (χ0v) is 10.1. The Labute approximate surface area is 103 Å². The zero-order valence-electron chi connectivity index (χ0n) is 9.31. The van der Waals surface area contributed by atoms with E-state index in [1.54, 1.807) is 6.07 Å². The van der Waals surface area contributed by atoms with Crippen molar-refractivity contribution in [2.45, 2.75) is 37.4 Å². The summed E-state index contributed by atoms with van der Waals surface area (Å²) in [6, 6.07) is 3.94. The fraction of sp³-hybridized carbons (Fsp3) is 0.500. The topological polar surface area (TPSA) is 26.0 Å². The van der Waals surface area contributed by atoms with E-state index >= 15 is 0 Å². The molecule has 1 saturated carbocycles. The van der Waals surface area contributed by atoms with Crippen LogP contribution in [-0.2, 0) is 11.6 Å². The van der Waals surface area contributed by atoms with Crippen molar-refractivity contribution < 1.29 is 13.2 Å². The molecule has 1 aromatic carbocycles. The standard InChI is InChI=1S/C12H13ClF3N/c1-7(17)11(4-5-11)8-2-3-10(13)9(6-8)12(14,15)16/h2-3,6-7H,4-5,17H2,1H3. The van der Waals surface area contributed by atoms with Crippen LogP contribution in [0.5, 0.6) is 0 Å². The molecule has 0 saturated heterocycles. The van der Waals surface area contributed by atoms with Gasteiger partial charge >= 0.3 is 6.18 Å². The summed E-state index contributed by atoms with van der Waals surface area (Å²) in [6.45, 7) is 1.83. The second-order valence-electron chi connectivity index (χ2n) is 4.64. The summed E-state index contributed by atoms with van der Waals surface area (Å²) >= 11 is 5.58. The van der Waals surface area contributed by atoms with Gasteiger partial charge in [-0.05, 0) is 37.5 Å². The van der Waals surface area contributed by atoms with Crippen LogP contribution in [0.3, 0.4) is 0 Å². The molecule has 0 radical (unpaired) electrons. The number of benzene rings is 1. The molecule has 5 heteroatoms. The molecule has 1 aliphatic rings. The summed E-state index contributed by atoms with van der Waals surface area (Å²) in [5.41, 5.74) is 5.43. The summed E-state index contributed by atoms with van der Waals surface area (Å²) in [7, 11) is 0. The lowest BCUT2D eigenvalue weighted by molar-refractivity contribution is -0.137. The zero-order chi connectivity index (χ0) is 12.8. The monoisotopic (exact) mass is 263 g/mol. The molecule has 0 amide bonds. The largest absolute Gasteiger partial charge is 0.417 e. The maximum absolute atomic E-state index is 12.7. The maximum atomic E-state index is 12.7. The second-order valence-corrected chi connectivity index (χ2v) is 5.04. The summed E-state index contributed by atoms with van der Waals surface area (Å²) in [4.78, 5) is 0. The Bertz CT molecular complexity index is 436. The molecule has 2 N–H and O–H groups in total. The molecule has 1 aromatic rings. The molecule has 0 aromatic heterocycles. The molecule has 0 heterocycles. The Morgan fingerprint density at radius 1 is 1.35 bits per heavy atom. The van der Waals surface area contributed by atoms with E-state index in [2.05, 4.69) is 0 Å². The van der Waals surface area contributed by atoms with E-state index in [0.29, 0.717) is 5.56 Å².